The number of ketones is 2. The predicted molar refractivity (Wildman–Crippen MR) is 185 cm³/mol. The van der Waals surface area contributed by atoms with Crippen LogP contribution in [0.3, 0.4) is 0 Å². The summed E-state index contributed by atoms with van der Waals surface area (Å²) in [5.74, 6) is 4.56. The number of carbonyl (C=O) groups excluding carboxylic acids is 2. The van der Waals surface area contributed by atoms with E-state index in [2.05, 4.69) is 52.5 Å². The second-order valence-electron chi connectivity index (χ2n) is 16.5. The second-order valence-corrected chi connectivity index (χ2v) is 16.5. The number of Topliss-reactive ketones (excluding diaryl/α,β-unsaturated/α-hetero) is 1. The summed E-state index contributed by atoms with van der Waals surface area (Å²) in [6.07, 6.45) is 13.6. The molecule has 4 heterocycles. The number of rotatable bonds is 6. The van der Waals surface area contributed by atoms with Gasteiger partial charge in [0.25, 0.3) is 0 Å². The summed E-state index contributed by atoms with van der Waals surface area (Å²) in [5, 5.41) is 11.6. The van der Waals surface area contributed by atoms with E-state index >= 15 is 0 Å². The van der Waals surface area contributed by atoms with Crippen molar-refractivity contribution in [1.82, 2.24) is 14.9 Å². The lowest BCUT2D eigenvalue weighted by atomic mass is 9.47. The van der Waals surface area contributed by atoms with Gasteiger partial charge in [-0.2, -0.15) is 9.97 Å². The van der Waals surface area contributed by atoms with Crippen LogP contribution in [0.1, 0.15) is 72.1 Å². The molecule has 47 heavy (non-hydrogen) atoms. The van der Waals surface area contributed by atoms with Gasteiger partial charge in [-0.15, -0.1) is 0 Å². The fraction of sp³-hybridized carbons (Fsp3) is 0.737. The Balaban J connectivity index is 0.943. The molecule has 0 radical (unpaired) electrons. The third-order valence-corrected chi connectivity index (χ3v) is 13.9. The molecule has 1 N–H and O–H groups in total. The van der Waals surface area contributed by atoms with Gasteiger partial charge in [0, 0.05) is 69.8 Å². The first-order valence-electron chi connectivity index (χ1n) is 18.7. The van der Waals surface area contributed by atoms with Crippen LogP contribution in [0.4, 0.5) is 17.6 Å². The molecule has 1 unspecified atom stereocenters. The Labute approximate surface area is 280 Å². The van der Waals surface area contributed by atoms with E-state index in [1.807, 2.05) is 0 Å². The van der Waals surface area contributed by atoms with Crippen LogP contribution in [0.15, 0.2) is 29.9 Å². The lowest BCUT2D eigenvalue weighted by Crippen LogP contribution is -2.55. The van der Waals surface area contributed by atoms with Crippen molar-refractivity contribution in [2.24, 2.45) is 40.4 Å². The van der Waals surface area contributed by atoms with Crippen molar-refractivity contribution in [2.45, 2.75) is 78.2 Å². The van der Waals surface area contributed by atoms with E-state index in [-0.39, 0.29) is 28.4 Å². The fourth-order valence-electron chi connectivity index (χ4n) is 11.4. The van der Waals surface area contributed by atoms with Crippen LogP contribution in [-0.4, -0.2) is 96.5 Å². The molecule has 1 aromatic rings. The molecule has 3 aliphatic heterocycles. The molecule has 4 aliphatic carbocycles. The zero-order valence-electron chi connectivity index (χ0n) is 28.7. The maximum Gasteiger partial charge on any atom is 0.229 e. The minimum absolute atomic E-state index is 0.0276. The highest BCUT2D eigenvalue weighted by molar-refractivity contribution is 6.01. The summed E-state index contributed by atoms with van der Waals surface area (Å²) in [6, 6.07) is 2.20. The molecule has 254 valence electrons. The molecule has 0 amide bonds. The average molecular weight is 643 g/mol. The molecule has 6 fully saturated rings. The number of hydrogen-bond donors (Lipinski definition) is 1. The Hall–Kier alpha value is -2.78. The first kappa shape index (κ1) is 31.5. The zero-order valence-corrected chi connectivity index (χ0v) is 28.7. The predicted octanol–water partition coefficient (Wildman–Crippen LogP) is 4.51. The Morgan fingerprint density at radius 2 is 1.55 bits per heavy atom. The highest BCUT2D eigenvalue weighted by Gasteiger charge is 2.63. The van der Waals surface area contributed by atoms with Crippen molar-refractivity contribution in [3.8, 4) is 0 Å². The number of hydrogen-bond acceptors (Lipinski definition) is 9. The van der Waals surface area contributed by atoms with Crippen LogP contribution in [0, 0.1) is 40.4 Å². The van der Waals surface area contributed by atoms with Gasteiger partial charge >= 0.3 is 0 Å². The normalized spacial score (nSPS) is 38.8. The molecule has 0 bridgehead atoms. The second kappa shape index (κ2) is 12.0. The standard InChI is InChI=1S/C38H54N6O3/c1-25-20-29-34-28(37(2)10-8-27(45)21-26(37)22-30(34)46)9-11-38(29,3)35(25)31(47)24-41-16-18-43(19-17-41)33-23-32(42-12-4-5-13-42)39-36(40-33)44-14-6-7-15-44/h8,10,21,23,25,28-30,34-35,46H,4-7,9,11-20,22,24H2,1-3H3/t25-,28+,29+,30?,34-,35-,37+,38+/m1/s1. The van der Waals surface area contributed by atoms with E-state index in [1.165, 1.54) is 25.7 Å². The summed E-state index contributed by atoms with van der Waals surface area (Å²) in [5.41, 5.74) is 0.838. The number of aromatic nitrogens is 2. The smallest absolute Gasteiger partial charge is 0.229 e. The highest BCUT2D eigenvalue weighted by Crippen LogP contribution is 2.67. The highest BCUT2D eigenvalue weighted by atomic mass is 16.3. The monoisotopic (exact) mass is 642 g/mol. The fourth-order valence-corrected chi connectivity index (χ4v) is 11.4. The molecule has 9 heteroatoms. The SMILES string of the molecule is C[C@@H]1C[C@H]2[C@@H]3C(O)CC4=CC(=O)C=C[C@]4(C)[C@H]3CC[C@]2(C)[C@H]1C(=O)CN1CCN(c2cc(N3CCCC3)nc(N3CCCC3)n2)CC1. The number of nitrogens with zero attached hydrogens (tertiary/aromatic N) is 6. The molecule has 8 atom stereocenters. The number of carbonyl (C=O) groups is 2. The lowest BCUT2D eigenvalue weighted by molar-refractivity contribution is -0.135. The van der Waals surface area contributed by atoms with Crippen molar-refractivity contribution in [3.63, 3.8) is 0 Å². The summed E-state index contributed by atoms with van der Waals surface area (Å²) in [6.45, 7) is 15.1. The number of aliphatic hydroxyl groups excluding tert-OH is 1. The molecule has 1 aromatic heterocycles. The molecule has 0 spiro atoms. The van der Waals surface area contributed by atoms with E-state index in [4.69, 9.17) is 9.97 Å². The molecule has 7 aliphatic rings. The van der Waals surface area contributed by atoms with Gasteiger partial charge in [0.2, 0.25) is 5.95 Å². The van der Waals surface area contributed by atoms with Gasteiger partial charge < -0.3 is 19.8 Å². The third kappa shape index (κ3) is 5.34. The van der Waals surface area contributed by atoms with Gasteiger partial charge in [-0.3, -0.25) is 14.5 Å². The first-order chi connectivity index (χ1) is 22.6. The van der Waals surface area contributed by atoms with Gasteiger partial charge in [-0.05, 0) is 92.6 Å². The number of piperazine rings is 1. The summed E-state index contributed by atoms with van der Waals surface area (Å²) < 4.78 is 0. The molecule has 9 nitrogen and oxygen atoms in total. The maximum absolute atomic E-state index is 14.3. The van der Waals surface area contributed by atoms with Crippen LogP contribution in [-0.2, 0) is 9.59 Å². The average Bonchev–Trinajstić information content (AvgIpc) is 3.83. The summed E-state index contributed by atoms with van der Waals surface area (Å²) in [4.78, 5) is 46.1. The first-order valence-corrected chi connectivity index (χ1v) is 18.7. The molecule has 8 rings (SSSR count). The van der Waals surface area contributed by atoms with Crippen molar-refractivity contribution >= 4 is 29.2 Å². The van der Waals surface area contributed by atoms with Gasteiger partial charge in [-0.25, -0.2) is 0 Å². The van der Waals surface area contributed by atoms with Gasteiger partial charge in [0.1, 0.15) is 11.6 Å². The number of allylic oxidation sites excluding steroid dienone is 3. The quantitative estimate of drug-likeness (QED) is 0.481. The summed E-state index contributed by atoms with van der Waals surface area (Å²) in [7, 11) is 0. The maximum atomic E-state index is 14.3. The number of anilines is 3. The molecule has 3 saturated heterocycles. The van der Waals surface area contributed by atoms with Gasteiger partial charge in [-0.1, -0.05) is 32.4 Å². The topological polar surface area (TPSA) is 93.1 Å². The minimum Gasteiger partial charge on any atom is -0.392 e. The van der Waals surface area contributed by atoms with Gasteiger partial charge in [0.05, 0.1) is 12.6 Å². The number of fused-ring (bicyclic) bond motifs is 5. The number of aliphatic hydroxyl groups is 1. The van der Waals surface area contributed by atoms with E-state index in [0.29, 0.717) is 36.5 Å². The van der Waals surface area contributed by atoms with Crippen LogP contribution >= 0.6 is 0 Å². The van der Waals surface area contributed by atoms with Gasteiger partial charge in [0.15, 0.2) is 11.6 Å². The molecular formula is C38H54N6O3. The lowest BCUT2D eigenvalue weighted by Gasteiger charge is -2.58. The third-order valence-electron chi connectivity index (χ3n) is 13.9. The van der Waals surface area contributed by atoms with Crippen LogP contribution in [0.5, 0.6) is 0 Å². The van der Waals surface area contributed by atoms with E-state index in [0.717, 1.165) is 94.8 Å². The van der Waals surface area contributed by atoms with Crippen LogP contribution in [0.2, 0.25) is 0 Å². The van der Waals surface area contributed by atoms with E-state index in [1.54, 1.807) is 12.2 Å². The van der Waals surface area contributed by atoms with E-state index in [9.17, 15) is 14.7 Å². The van der Waals surface area contributed by atoms with E-state index < -0.39 is 6.10 Å². The van der Waals surface area contributed by atoms with Crippen molar-refractivity contribution in [3.05, 3.63) is 29.9 Å². The minimum atomic E-state index is -0.448. The Morgan fingerprint density at radius 3 is 2.23 bits per heavy atom. The summed E-state index contributed by atoms with van der Waals surface area (Å²) >= 11 is 0. The van der Waals surface area contributed by atoms with Crippen molar-refractivity contribution in [2.75, 3.05) is 73.6 Å². The van der Waals surface area contributed by atoms with Crippen LogP contribution < -0.4 is 14.7 Å². The largest absolute Gasteiger partial charge is 0.392 e. The molecule has 0 aromatic carbocycles. The Kier molecular flexibility index (Phi) is 8.02. The molecular weight excluding hydrogens is 588 g/mol. The Bertz CT molecular complexity index is 1420. The van der Waals surface area contributed by atoms with Crippen molar-refractivity contribution < 1.29 is 14.7 Å². The molecule has 3 saturated carbocycles. The van der Waals surface area contributed by atoms with Crippen LogP contribution in [0.25, 0.3) is 0 Å². The van der Waals surface area contributed by atoms with Crippen molar-refractivity contribution in [1.29, 1.82) is 0 Å². The Morgan fingerprint density at radius 1 is 0.915 bits per heavy atom. The zero-order chi connectivity index (χ0) is 32.5.